The number of rotatable bonds is 6. The van der Waals surface area contributed by atoms with Gasteiger partial charge in [0.25, 0.3) is 5.91 Å². The molecule has 1 rings (SSSR count). The molecule has 0 aliphatic rings. The van der Waals surface area contributed by atoms with Crippen LogP contribution in [0.15, 0.2) is 30.9 Å². The summed E-state index contributed by atoms with van der Waals surface area (Å²) in [5, 5.41) is 2.58. The van der Waals surface area contributed by atoms with Gasteiger partial charge in [-0.2, -0.15) is 0 Å². The van der Waals surface area contributed by atoms with Crippen LogP contribution in [-0.4, -0.2) is 18.6 Å². The summed E-state index contributed by atoms with van der Waals surface area (Å²) < 4.78 is 19.0. The first-order valence-corrected chi connectivity index (χ1v) is 6.06. The van der Waals surface area contributed by atoms with Crippen molar-refractivity contribution in [3.05, 3.63) is 42.2 Å². The number of benzene rings is 1. The molecule has 0 aliphatic heterocycles. The lowest BCUT2D eigenvalue weighted by molar-refractivity contribution is -0.127. The van der Waals surface area contributed by atoms with Crippen LogP contribution in [0.25, 0.3) is 0 Å². The van der Waals surface area contributed by atoms with Gasteiger partial charge >= 0.3 is 0 Å². The van der Waals surface area contributed by atoms with Crippen molar-refractivity contribution in [1.29, 1.82) is 0 Å². The maximum Gasteiger partial charge on any atom is 0.261 e. The molecule has 0 heterocycles. The Morgan fingerprint density at radius 1 is 1.58 bits per heavy atom. The van der Waals surface area contributed by atoms with Crippen molar-refractivity contribution in [2.24, 2.45) is 5.73 Å². The topological polar surface area (TPSA) is 64.3 Å². The Kier molecular flexibility index (Phi) is 5.51. The van der Waals surface area contributed by atoms with Gasteiger partial charge in [0, 0.05) is 12.6 Å². The average Bonchev–Trinajstić information content (AvgIpc) is 2.37. The number of hydrogen-bond donors (Lipinski definition) is 2. The molecule has 1 aromatic rings. The van der Waals surface area contributed by atoms with E-state index < -0.39 is 11.9 Å². The van der Waals surface area contributed by atoms with Gasteiger partial charge in [0.2, 0.25) is 0 Å². The number of halogens is 1. The third-order valence-electron chi connectivity index (χ3n) is 2.58. The lowest BCUT2D eigenvalue weighted by Crippen LogP contribution is -2.36. The van der Waals surface area contributed by atoms with E-state index in [0.29, 0.717) is 12.1 Å². The Morgan fingerprint density at radius 3 is 2.79 bits per heavy atom. The minimum absolute atomic E-state index is 0.0330. The molecule has 0 radical (unpaired) electrons. The number of nitrogens with two attached hydrogens (primary N) is 1. The van der Waals surface area contributed by atoms with Crippen LogP contribution in [-0.2, 0) is 4.79 Å². The minimum Gasteiger partial charge on any atom is -0.478 e. The summed E-state index contributed by atoms with van der Waals surface area (Å²) in [6, 6.07) is 4.22. The van der Waals surface area contributed by atoms with Gasteiger partial charge in [-0.15, -0.1) is 6.58 Å². The number of hydrogen-bond acceptors (Lipinski definition) is 3. The summed E-state index contributed by atoms with van der Waals surface area (Å²) in [5.74, 6) is -0.820. The van der Waals surface area contributed by atoms with E-state index in [1.165, 1.54) is 12.1 Å². The molecule has 0 aromatic heterocycles. The largest absolute Gasteiger partial charge is 0.478 e. The SMILES string of the molecule is C=CCNC(=O)C(C)Oc1ccc([C@@H](C)N)cc1F. The summed E-state index contributed by atoms with van der Waals surface area (Å²) in [7, 11) is 0. The standard InChI is InChI=1S/C14H19FN2O2/c1-4-7-17-14(18)10(3)19-13-6-5-11(9(2)16)8-12(13)15/h4-6,8-10H,1,7,16H2,2-3H3,(H,17,18)/t9-,10?/m1/s1. The zero-order valence-electron chi connectivity index (χ0n) is 11.2. The van der Waals surface area contributed by atoms with Crippen LogP contribution in [0.4, 0.5) is 4.39 Å². The maximum absolute atomic E-state index is 13.8. The van der Waals surface area contributed by atoms with Crippen molar-refractivity contribution >= 4 is 5.91 Å². The predicted molar refractivity (Wildman–Crippen MR) is 72.3 cm³/mol. The highest BCUT2D eigenvalue weighted by Gasteiger charge is 2.16. The fourth-order valence-corrected chi connectivity index (χ4v) is 1.46. The molecular formula is C14H19FN2O2. The second-order valence-corrected chi connectivity index (χ2v) is 4.27. The van der Waals surface area contributed by atoms with Crippen LogP contribution in [0, 0.1) is 5.82 Å². The smallest absolute Gasteiger partial charge is 0.261 e. The Morgan fingerprint density at radius 2 is 2.26 bits per heavy atom. The van der Waals surface area contributed by atoms with E-state index in [2.05, 4.69) is 11.9 Å². The highest BCUT2D eigenvalue weighted by atomic mass is 19.1. The van der Waals surface area contributed by atoms with Crippen molar-refractivity contribution in [3.63, 3.8) is 0 Å². The maximum atomic E-state index is 13.8. The highest BCUT2D eigenvalue weighted by molar-refractivity contribution is 5.80. The van der Waals surface area contributed by atoms with Crippen molar-refractivity contribution in [2.75, 3.05) is 6.54 Å². The molecule has 0 saturated carbocycles. The molecule has 0 bridgehead atoms. The van der Waals surface area contributed by atoms with Gasteiger partial charge in [-0.1, -0.05) is 12.1 Å². The van der Waals surface area contributed by atoms with Gasteiger partial charge < -0.3 is 15.8 Å². The van der Waals surface area contributed by atoms with Gasteiger partial charge in [-0.05, 0) is 31.5 Å². The van der Waals surface area contributed by atoms with E-state index in [4.69, 9.17) is 10.5 Å². The second-order valence-electron chi connectivity index (χ2n) is 4.27. The van der Waals surface area contributed by atoms with Crippen LogP contribution in [0.3, 0.4) is 0 Å². The zero-order valence-corrected chi connectivity index (χ0v) is 11.2. The zero-order chi connectivity index (χ0) is 14.4. The molecule has 0 saturated heterocycles. The lowest BCUT2D eigenvalue weighted by atomic mass is 10.1. The van der Waals surface area contributed by atoms with Gasteiger partial charge in [0.15, 0.2) is 17.7 Å². The monoisotopic (exact) mass is 266 g/mol. The summed E-state index contributed by atoms with van der Waals surface area (Å²) in [5.41, 5.74) is 6.33. The summed E-state index contributed by atoms with van der Waals surface area (Å²) in [6.45, 7) is 7.15. The lowest BCUT2D eigenvalue weighted by Gasteiger charge is -2.15. The molecule has 104 valence electrons. The fourth-order valence-electron chi connectivity index (χ4n) is 1.46. The number of nitrogens with one attached hydrogen (secondary N) is 1. The van der Waals surface area contributed by atoms with E-state index in [1.807, 2.05) is 0 Å². The Balaban J connectivity index is 2.71. The number of ether oxygens (including phenoxy) is 1. The molecule has 0 spiro atoms. The first-order chi connectivity index (χ1) is 8.95. The van der Waals surface area contributed by atoms with Gasteiger partial charge in [0.05, 0.1) is 0 Å². The predicted octanol–water partition coefficient (Wildman–Crippen LogP) is 1.91. The first kappa shape index (κ1) is 15.2. The Hall–Kier alpha value is -1.88. The van der Waals surface area contributed by atoms with Crippen LogP contribution in [0.2, 0.25) is 0 Å². The molecule has 1 amide bonds. The number of carbonyl (C=O) groups is 1. The van der Waals surface area contributed by atoms with E-state index >= 15 is 0 Å². The highest BCUT2D eigenvalue weighted by Crippen LogP contribution is 2.22. The van der Waals surface area contributed by atoms with E-state index in [0.717, 1.165) is 0 Å². The van der Waals surface area contributed by atoms with E-state index in [9.17, 15) is 9.18 Å². The van der Waals surface area contributed by atoms with Crippen LogP contribution >= 0.6 is 0 Å². The van der Waals surface area contributed by atoms with Crippen LogP contribution in [0.5, 0.6) is 5.75 Å². The molecule has 3 N–H and O–H groups in total. The number of carbonyl (C=O) groups excluding carboxylic acids is 1. The van der Waals surface area contributed by atoms with Gasteiger partial charge in [-0.3, -0.25) is 4.79 Å². The molecule has 5 heteroatoms. The Bertz CT molecular complexity index is 461. The van der Waals surface area contributed by atoms with Crippen LogP contribution < -0.4 is 15.8 Å². The van der Waals surface area contributed by atoms with Crippen molar-refractivity contribution in [2.45, 2.75) is 26.0 Å². The van der Waals surface area contributed by atoms with Gasteiger partial charge in [0.1, 0.15) is 0 Å². The molecule has 0 fully saturated rings. The number of amides is 1. The summed E-state index contributed by atoms with van der Waals surface area (Å²) >= 11 is 0. The first-order valence-electron chi connectivity index (χ1n) is 6.06. The fraction of sp³-hybridized carbons (Fsp3) is 0.357. The van der Waals surface area contributed by atoms with E-state index in [-0.39, 0.29) is 17.7 Å². The molecule has 0 aliphatic carbocycles. The summed E-state index contributed by atoms with van der Waals surface area (Å²) in [6.07, 6.45) is 0.776. The molecule has 1 aromatic carbocycles. The minimum atomic E-state index is -0.782. The third kappa shape index (κ3) is 4.37. The average molecular weight is 266 g/mol. The van der Waals surface area contributed by atoms with E-state index in [1.54, 1.807) is 26.0 Å². The van der Waals surface area contributed by atoms with Crippen molar-refractivity contribution in [3.8, 4) is 5.75 Å². The van der Waals surface area contributed by atoms with Crippen LogP contribution in [0.1, 0.15) is 25.5 Å². The Labute approximate surface area is 112 Å². The molecule has 1 unspecified atom stereocenters. The second kappa shape index (κ2) is 6.89. The molecule has 2 atom stereocenters. The van der Waals surface area contributed by atoms with Crippen molar-refractivity contribution in [1.82, 2.24) is 5.32 Å². The molecular weight excluding hydrogens is 247 g/mol. The summed E-state index contributed by atoms with van der Waals surface area (Å²) in [4.78, 5) is 11.6. The normalized spacial score (nSPS) is 13.5. The molecule has 19 heavy (non-hydrogen) atoms. The quantitative estimate of drug-likeness (QED) is 0.773. The molecule has 4 nitrogen and oxygen atoms in total. The van der Waals surface area contributed by atoms with Gasteiger partial charge in [-0.25, -0.2) is 4.39 Å². The third-order valence-corrected chi connectivity index (χ3v) is 2.58. The van der Waals surface area contributed by atoms with Crippen molar-refractivity contribution < 1.29 is 13.9 Å².